The van der Waals surface area contributed by atoms with Gasteiger partial charge in [0, 0.05) is 6.04 Å². The molecule has 1 N–H and O–H groups in total. The molecule has 1 saturated carbocycles. The molecular weight excluding hydrogens is 186 g/mol. The summed E-state index contributed by atoms with van der Waals surface area (Å²) < 4.78 is 6.25. The number of hydrogen-bond donors (Lipinski definition) is 1. The first-order valence-corrected chi connectivity index (χ1v) is 6.61. The van der Waals surface area contributed by atoms with Gasteiger partial charge in [-0.25, -0.2) is 0 Å². The zero-order valence-electron chi connectivity index (χ0n) is 10.2. The minimum Gasteiger partial charge on any atom is -0.372 e. The first-order chi connectivity index (χ1) is 7.20. The summed E-state index contributed by atoms with van der Waals surface area (Å²) in [7, 11) is 0. The molecule has 88 valence electrons. The Morgan fingerprint density at radius 1 is 1.27 bits per heavy atom. The summed E-state index contributed by atoms with van der Waals surface area (Å²) in [5, 5.41) is 3.47. The minimum atomic E-state index is 0.322. The lowest BCUT2D eigenvalue weighted by Crippen LogP contribution is -2.29. The van der Waals surface area contributed by atoms with Gasteiger partial charge >= 0.3 is 0 Å². The molecule has 1 unspecified atom stereocenters. The van der Waals surface area contributed by atoms with E-state index in [0.29, 0.717) is 17.7 Å². The van der Waals surface area contributed by atoms with E-state index in [9.17, 15) is 0 Å². The summed E-state index contributed by atoms with van der Waals surface area (Å²) in [6.45, 7) is 5.51. The average molecular weight is 211 g/mol. The molecule has 2 aliphatic rings. The van der Waals surface area contributed by atoms with E-state index in [1.54, 1.807) is 0 Å². The molecule has 1 atom stereocenters. The molecule has 1 aliphatic heterocycles. The van der Waals surface area contributed by atoms with Gasteiger partial charge in [0.15, 0.2) is 0 Å². The van der Waals surface area contributed by atoms with E-state index in [1.807, 2.05) is 0 Å². The van der Waals surface area contributed by atoms with Crippen LogP contribution < -0.4 is 5.32 Å². The van der Waals surface area contributed by atoms with E-state index in [1.165, 1.54) is 44.9 Å². The molecule has 2 heteroatoms. The van der Waals surface area contributed by atoms with Gasteiger partial charge < -0.3 is 10.1 Å². The Kier molecular flexibility index (Phi) is 3.68. The molecular formula is C13H25NO. The Bertz CT molecular complexity index is 197. The van der Waals surface area contributed by atoms with Crippen molar-refractivity contribution < 1.29 is 4.74 Å². The number of nitrogens with one attached hydrogen (secondary N) is 1. The lowest BCUT2D eigenvalue weighted by molar-refractivity contribution is -0.0385. The lowest BCUT2D eigenvalue weighted by Gasteiger charge is -2.24. The third kappa shape index (κ3) is 2.94. The number of hydrogen-bond acceptors (Lipinski definition) is 2. The van der Waals surface area contributed by atoms with E-state index in [2.05, 4.69) is 19.2 Å². The summed E-state index contributed by atoms with van der Waals surface area (Å²) >= 11 is 0. The van der Waals surface area contributed by atoms with Crippen LogP contribution in [0.25, 0.3) is 0 Å². The zero-order chi connectivity index (χ0) is 10.7. The third-order valence-electron chi connectivity index (χ3n) is 3.87. The lowest BCUT2D eigenvalue weighted by atomic mass is 9.98. The first-order valence-electron chi connectivity index (χ1n) is 6.61. The highest BCUT2D eigenvalue weighted by molar-refractivity contribution is 4.92. The SMILES string of the molecule is CC(C)NCCC1CCC2(CCCC2)O1. The van der Waals surface area contributed by atoms with Crippen LogP contribution in [-0.4, -0.2) is 24.3 Å². The van der Waals surface area contributed by atoms with Crippen LogP contribution >= 0.6 is 0 Å². The normalized spacial score (nSPS) is 29.4. The van der Waals surface area contributed by atoms with Gasteiger partial charge in [0.2, 0.25) is 0 Å². The van der Waals surface area contributed by atoms with Crippen molar-refractivity contribution in [2.75, 3.05) is 6.54 Å². The third-order valence-corrected chi connectivity index (χ3v) is 3.87. The molecule has 0 radical (unpaired) electrons. The Morgan fingerprint density at radius 3 is 2.67 bits per heavy atom. The van der Waals surface area contributed by atoms with Crippen LogP contribution in [0.15, 0.2) is 0 Å². The standard InChI is InChI=1S/C13H25NO/c1-11(2)14-10-6-12-5-9-13(15-12)7-3-4-8-13/h11-12,14H,3-10H2,1-2H3. The smallest absolute Gasteiger partial charge is 0.0687 e. The topological polar surface area (TPSA) is 21.3 Å². The van der Waals surface area contributed by atoms with Crippen LogP contribution in [0.2, 0.25) is 0 Å². The van der Waals surface area contributed by atoms with Crippen LogP contribution in [0.1, 0.15) is 58.8 Å². The Labute approximate surface area is 93.8 Å². The van der Waals surface area contributed by atoms with E-state index < -0.39 is 0 Å². The molecule has 1 aliphatic carbocycles. The van der Waals surface area contributed by atoms with E-state index in [4.69, 9.17) is 4.74 Å². The molecule has 0 aromatic heterocycles. The van der Waals surface area contributed by atoms with Gasteiger partial charge in [-0.1, -0.05) is 26.7 Å². The van der Waals surface area contributed by atoms with Gasteiger partial charge in [-0.2, -0.15) is 0 Å². The molecule has 2 rings (SSSR count). The molecule has 15 heavy (non-hydrogen) atoms. The van der Waals surface area contributed by atoms with Gasteiger partial charge in [0.1, 0.15) is 0 Å². The van der Waals surface area contributed by atoms with Gasteiger partial charge in [-0.3, -0.25) is 0 Å². The van der Waals surface area contributed by atoms with Crippen molar-refractivity contribution in [2.24, 2.45) is 0 Å². The summed E-state index contributed by atoms with van der Waals surface area (Å²) in [6, 6.07) is 0.604. The van der Waals surface area contributed by atoms with Gasteiger partial charge in [-0.05, 0) is 38.6 Å². The van der Waals surface area contributed by atoms with Crippen LogP contribution in [0.3, 0.4) is 0 Å². The Morgan fingerprint density at radius 2 is 2.00 bits per heavy atom. The van der Waals surface area contributed by atoms with Crippen LogP contribution in [0, 0.1) is 0 Å². The summed E-state index contributed by atoms with van der Waals surface area (Å²) in [6.07, 6.45) is 9.75. The molecule has 0 aromatic rings. The van der Waals surface area contributed by atoms with Crippen molar-refractivity contribution in [1.82, 2.24) is 5.32 Å². The molecule has 1 spiro atoms. The average Bonchev–Trinajstić information content (AvgIpc) is 2.78. The second-order valence-corrected chi connectivity index (χ2v) is 5.57. The molecule has 1 heterocycles. The Hall–Kier alpha value is -0.0800. The molecule has 0 bridgehead atoms. The summed E-state index contributed by atoms with van der Waals surface area (Å²) in [5.41, 5.74) is 0.322. The molecule has 0 aromatic carbocycles. The fraction of sp³-hybridized carbons (Fsp3) is 1.00. The van der Waals surface area contributed by atoms with Gasteiger partial charge in [-0.15, -0.1) is 0 Å². The van der Waals surface area contributed by atoms with E-state index in [0.717, 1.165) is 6.54 Å². The van der Waals surface area contributed by atoms with E-state index in [-0.39, 0.29) is 0 Å². The predicted octanol–water partition coefficient (Wildman–Crippen LogP) is 2.87. The highest BCUT2D eigenvalue weighted by Crippen LogP contribution is 2.43. The minimum absolute atomic E-state index is 0.322. The van der Waals surface area contributed by atoms with Crippen LogP contribution in [-0.2, 0) is 4.74 Å². The summed E-state index contributed by atoms with van der Waals surface area (Å²) in [4.78, 5) is 0. The van der Waals surface area contributed by atoms with Crippen molar-refractivity contribution in [2.45, 2.75) is 76.5 Å². The molecule has 0 amide bonds. The largest absolute Gasteiger partial charge is 0.372 e. The molecule has 1 saturated heterocycles. The molecule has 2 fully saturated rings. The quantitative estimate of drug-likeness (QED) is 0.772. The van der Waals surface area contributed by atoms with Crippen molar-refractivity contribution in [3.63, 3.8) is 0 Å². The first kappa shape index (κ1) is 11.4. The zero-order valence-corrected chi connectivity index (χ0v) is 10.2. The van der Waals surface area contributed by atoms with Crippen molar-refractivity contribution >= 4 is 0 Å². The monoisotopic (exact) mass is 211 g/mol. The predicted molar refractivity (Wildman–Crippen MR) is 63.1 cm³/mol. The fourth-order valence-corrected chi connectivity index (χ4v) is 3.02. The van der Waals surface area contributed by atoms with Crippen LogP contribution in [0.4, 0.5) is 0 Å². The highest BCUT2D eigenvalue weighted by atomic mass is 16.5. The maximum Gasteiger partial charge on any atom is 0.0687 e. The highest BCUT2D eigenvalue weighted by Gasteiger charge is 2.41. The molecule has 2 nitrogen and oxygen atoms in total. The number of rotatable bonds is 4. The summed E-state index contributed by atoms with van der Waals surface area (Å²) in [5.74, 6) is 0. The van der Waals surface area contributed by atoms with Crippen molar-refractivity contribution in [3.05, 3.63) is 0 Å². The van der Waals surface area contributed by atoms with Crippen molar-refractivity contribution in [1.29, 1.82) is 0 Å². The maximum atomic E-state index is 6.25. The van der Waals surface area contributed by atoms with Crippen LogP contribution in [0.5, 0.6) is 0 Å². The van der Waals surface area contributed by atoms with Crippen molar-refractivity contribution in [3.8, 4) is 0 Å². The number of ether oxygens (including phenoxy) is 1. The second-order valence-electron chi connectivity index (χ2n) is 5.57. The Balaban J connectivity index is 1.68. The second kappa shape index (κ2) is 4.84. The van der Waals surface area contributed by atoms with Gasteiger partial charge in [0.05, 0.1) is 11.7 Å². The maximum absolute atomic E-state index is 6.25. The van der Waals surface area contributed by atoms with E-state index >= 15 is 0 Å². The fourth-order valence-electron chi connectivity index (χ4n) is 3.02. The van der Waals surface area contributed by atoms with Gasteiger partial charge in [0.25, 0.3) is 0 Å².